The number of anilines is 1. The number of aliphatic hydroxyl groups is 6. The van der Waals surface area contributed by atoms with Gasteiger partial charge in [-0.3, -0.25) is 14.4 Å². The third-order valence-electron chi connectivity index (χ3n) is 11.4. The second-order valence-electron chi connectivity index (χ2n) is 16.6. The number of carbonyl (C=O) groups excluding carboxylic acids is 3. The standard InChI is InChI=1S/C39H67N7O10/c1-29(47)37(53)40-44(17-7-4-8-18-44)25-33(50)23-43(24-34(51)26-45(19-9-5-10-20-45)41-38(54)30(2)48)32-13-15-36(16-14-32)56-28-35(52)27-46(21-11-6-12-22-46)42-39(55)31(3)49/h13-16,29-31,33-35,47-52H,4-12,17-28H2,1-3H3/p+3. The van der Waals surface area contributed by atoms with Crippen molar-refractivity contribution in [3.05, 3.63) is 24.3 Å². The van der Waals surface area contributed by atoms with E-state index in [0.717, 1.165) is 57.8 Å². The van der Waals surface area contributed by atoms with Crippen LogP contribution in [0.4, 0.5) is 5.69 Å². The van der Waals surface area contributed by atoms with Gasteiger partial charge in [-0.1, -0.05) is 0 Å². The summed E-state index contributed by atoms with van der Waals surface area (Å²) in [5.41, 5.74) is 9.53. The molecule has 6 unspecified atom stereocenters. The molecule has 1 aromatic carbocycles. The molecule has 0 aliphatic carbocycles. The second-order valence-corrected chi connectivity index (χ2v) is 16.6. The molecule has 0 spiro atoms. The maximum Gasteiger partial charge on any atom is 0.293 e. The van der Waals surface area contributed by atoms with Crippen molar-refractivity contribution in [2.75, 3.05) is 83.5 Å². The van der Waals surface area contributed by atoms with E-state index in [4.69, 9.17) is 4.74 Å². The quantitative estimate of drug-likeness (QED) is 0.0744. The number of carbonyl (C=O) groups is 3. The van der Waals surface area contributed by atoms with Gasteiger partial charge in [0.05, 0.1) is 0 Å². The van der Waals surface area contributed by atoms with Gasteiger partial charge in [0.1, 0.15) is 108 Å². The molecule has 3 fully saturated rings. The Bertz CT molecular complexity index is 1330. The Morgan fingerprint density at radius 1 is 0.554 bits per heavy atom. The van der Waals surface area contributed by atoms with Crippen LogP contribution in [0.15, 0.2) is 24.3 Å². The lowest BCUT2D eigenvalue weighted by Crippen LogP contribution is -2.67. The van der Waals surface area contributed by atoms with Crippen LogP contribution in [0.25, 0.3) is 0 Å². The number of hydrogen-bond acceptors (Lipinski definition) is 11. The lowest BCUT2D eigenvalue weighted by Gasteiger charge is -2.43. The van der Waals surface area contributed by atoms with Gasteiger partial charge >= 0.3 is 0 Å². The third-order valence-corrected chi connectivity index (χ3v) is 11.4. The van der Waals surface area contributed by atoms with Gasteiger partial charge < -0.3 is 40.3 Å². The minimum Gasteiger partial charge on any atom is -0.491 e. The summed E-state index contributed by atoms with van der Waals surface area (Å²) in [6.45, 7) is 8.84. The van der Waals surface area contributed by atoms with Gasteiger partial charge in [-0.15, -0.1) is 0 Å². The van der Waals surface area contributed by atoms with E-state index in [9.17, 15) is 45.0 Å². The average molecular weight is 797 g/mol. The molecule has 0 saturated carbocycles. The molecule has 56 heavy (non-hydrogen) atoms. The maximum atomic E-state index is 12.6. The van der Waals surface area contributed by atoms with Crippen LogP contribution < -0.4 is 25.9 Å². The van der Waals surface area contributed by atoms with Crippen molar-refractivity contribution < 1.29 is 63.5 Å². The van der Waals surface area contributed by atoms with Crippen molar-refractivity contribution >= 4 is 23.4 Å². The SMILES string of the molecule is CC(O)C(=O)N[N+]1(CC(O)COc2ccc(N(CC(O)C[N+]3(NC(=O)C(C)O)CCCCC3)CC(O)C[N+]3(NC(=O)C(C)O)CCCCC3)cc2)CCCCC1. The first kappa shape index (κ1) is 45.6. The first-order valence-electron chi connectivity index (χ1n) is 20.6. The van der Waals surface area contributed by atoms with Gasteiger partial charge in [-0.25, -0.2) is 13.8 Å². The Labute approximate surface area is 331 Å². The fourth-order valence-corrected chi connectivity index (χ4v) is 8.47. The van der Waals surface area contributed by atoms with Crippen molar-refractivity contribution in [3.8, 4) is 5.75 Å². The van der Waals surface area contributed by atoms with Crippen molar-refractivity contribution in [1.29, 1.82) is 0 Å². The van der Waals surface area contributed by atoms with Gasteiger partial charge in [0.2, 0.25) is 0 Å². The average Bonchev–Trinajstić information content (AvgIpc) is 3.14. The number of aliphatic hydroxyl groups excluding tert-OH is 6. The molecule has 4 rings (SSSR count). The van der Waals surface area contributed by atoms with E-state index < -0.39 is 54.3 Å². The molecule has 17 nitrogen and oxygen atoms in total. The number of likely N-dealkylation sites (tertiary alicyclic amines) is 3. The Kier molecular flexibility index (Phi) is 17.1. The van der Waals surface area contributed by atoms with Crippen LogP contribution in [0, 0.1) is 0 Å². The largest absolute Gasteiger partial charge is 0.491 e. The van der Waals surface area contributed by atoms with E-state index in [1.54, 1.807) is 12.1 Å². The summed E-state index contributed by atoms with van der Waals surface area (Å²) in [6.07, 6.45) is 1.96. The molecule has 0 bridgehead atoms. The van der Waals surface area contributed by atoms with E-state index in [1.807, 2.05) is 17.0 Å². The van der Waals surface area contributed by atoms with Crippen LogP contribution in [-0.2, 0) is 14.4 Å². The summed E-state index contributed by atoms with van der Waals surface area (Å²) < 4.78 is 6.44. The minimum atomic E-state index is -1.19. The number of quaternary nitrogens is 3. The molecule has 1 aromatic rings. The molecular formula is C39H70N7O10+3. The zero-order chi connectivity index (χ0) is 40.9. The Hall–Kier alpha value is -3.13. The molecule has 3 aliphatic rings. The smallest absolute Gasteiger partial charge is 0.293 e. The highest BCUT2D eigenvalue weighted by molar-refractivity contribution is 5.79. The van der Waals surface area contributed by atoms with Crippen LogP contribution in [-0.4, -0.2) is 177 Å². The number of ether oxygens (including phenoxy) is 1. The molecule has 0 aromatic heterocycles. The predicted molar refractivity (Wildman–Crippen MR) is 208 cm³/mol. The van der Waals surface area contributed by atoms with E-state index >= 15 is 0 Å². The maximum absolute atomic E-state index is 12.6. The highest BCUT2D eigenvalue weighted by atomic mass is 16.5. The van der Waals surface area contributed by atoms with Crippen molar-refractivity contribution in [3.63, 3.8) is 0 Å². The first-order chi connectivity index (χ1) is 26.5. The summed E-state index contributed by atoms with van der Waals surface area (Å²) >= 11 is 0. The van der Waals surface area contributed by atoms with Gasteiger partial charge in [-0.05, 0) is 103 Å². The Morgan fingerprint density at radius 2 is 0.875 bits per heavy atom. The summed E-state index contributed by atoms with van der Waals surface area (Å²) in [4.78, 5) is 39.5. The molecule has 9 N–H and O–H groups in total. The molecule has 17 heteroatoms. The molecule has 6 atom stereocenters. The molecule has 3 heterocycles. The lowest BCUT2D eigenvalue weighted by molar-refractivity contribution is -0.968. The molecule has 3 aliphatic heterocycles. The van der Waals surface area contributed by atoms with E-state index in [2.05, 4.69) is 16.3 Å². The number of nitrogens with one attached hydrogen (secondary N) is 3. The van der Waals surface area contributed by atoms with Gasteiger partial charge in [-0.2, -0.15) is 16.3 Å². The van der Waals surface area contributed by atoms with Crippen LogP contribution in [0.5, 0.6) is 5.75 Å². The van der Waals surface area contributed by atoms with E-state index in [1.165, 1.54) is 20.8 Å². The number of benzene rings is 1. The fourth-order valence-electron chi connectivity index (χ4n) is 8.47. The Morgan fingerprint density at radius 3 is 1.20 bits per heavy atom. The first-order valence-corrected chi connectivity index (χ1v) is 20.6. The molecule has 3 amide bonds. The zero-order valence-electron chi connectivity index (χ0n) is 33.7. The molecule has 3 saturated heterocycles. The van der Waals surface area contributed by atoms with Crippen LogP contribution in [0.2, 0.25) is 0 Å². The number of piperidine rings is 3. The predicted octanol–water partition coefficient (Wildman–Crippen LogP) is -0.807. The van der Waals surface area contributed by atoms with Crippen molar-refractivity contribution in [2.45, 2.75) is 115 Å². The van der Waals surface area contributed by atoms with E-state index in [-0.39, 0.29) is 53.1 Å². The van der Waals surface area contributed by atoms with Gasteiger partial charge in [0.15, 0.2) is 0 Å². The number of hydrogen-bond donors (Lipinski definition) is 9. The third kappa shape index (κ3) is 13.8. The van der Waals surface area contributed by atoms with Gasteiger partial charge in [0, 0.05) is 18.8 Å². The fraction of sp³-hybridized carbons (Fsp3) is 0.769. The highest BCUT2D eigenvalue weighted by Crippen LogP contribution is 2.25. The summed E-state index contributed by atoms with van der Waals surface area (Å²) in [7, 11) is 0. The van der Waals surface area contributed by atoms with Crippen LogP contribution in [0.1, 0.15) is 78.6 Å². The normalized spacial score (nSPS) is 22.3. The number of rotatable bonds is 20. The number of amides is 3. The van der Waals surface area contributed by atoms with Gasteiger partial charge in [0.25, 0.3) is 17.7 Å². The molecule has 318 valence electrons. The summed E-state index contributed by atoms with van der Waals surface area (Å²) in [6, 6.07) is 7.11. The van der Waals surface area contributed by atoms with Crippen molar-refractivity contribution in [1.82, 2.24) is 16.3 Å². The molecule has 0 radical (unpaired) electrons. The van der Waals surface area contributed by atoms with Crippen LogP contribution >= 0.6 is 0 Å². The summed E-state index contributed by atoms with van der Waals surface area (Å²) in [5.74, 6) is -0.993. The Balaban J connectivity index is 1.49. The van der Waals surface area contributed by atoms with E-state index in [0.29, 0.717) is 50.7 Å². The lowest BCUT2D eigenvalue weighted by atomic mass is 10.1. The second kappa shape index (κ2) is 21.0. The minimum absolute atomic E-state index is 0.0264. The summed E-state index contributed by atoms with van der Waals surface area (Å²) in [5, 5.41) is 63.9. The highest BCUT2D eigenvalue weighted by Gasteiger charge is 2.39. The topological polar surface area (TPSA) is 221 Å². The van der Waals surface area contributed by atoms with Crippen LogP contribution in [0.3, 0.4) is 0 Å². The van der Waals surface area contributed by atoms with Crippen molar-refractivity contribution in [2.24, 2.45) is 0 Å². The number of nitrogens with zero attached hydrogens (tertiary/aromatic N) is 4. The molecular weight excluding hydrogens is 726 g/mol. The monoisotopic (exact) mass is 797 g/mol. The zero-order valence-corrected chi connectivity index (χ0v) is 33.7.